The van der Waals surface area contributed by atoms with E-state index in [1.807, 2.05) is 26.3 Å². The van der Waals surface area contributed by atoms with E-state index < -0.39 is 0 Å². The lowest BCUT2D eigenvalue weighted by atomic mass is 10.1. The SMILES string of the molecule is CNC(C)c1csc(NC(=O)c2ccc(C)cc2O)n1. The molecular formula is C14H17N3O2S. The van der Waals surface area contributed by atoms with Crippen LogP contribution in [0.5, 0.6) is 5.75 Å². The quantitative estimate of drug-likeness (QED) is 0.809. The predicted molar refractivity (Wildman–Crippen MR) is 80.4 cm³/mol. The van der Waals surface area contributed by atoms with Crippen LogP contribution in [0.3, 0.4) is 0 Å². The molecule has 2 rings (SSSR count). The molecule has 1 aromatic heterocycles. The number of nitrogens with one attached hydrogen (secondary N) is 2. The summed E-state index contributed by atoms with van der Waals surface area (Å²) in [6, 6.07) is 5.07. The molecule has 0 aliphatic heterocycles. The van der Waals surface area contributed by atoms with Gasteiger partial charge in [-0.25, -0.2) is 4.98 Å². The van der Waals surface area contributed by atoms with Crippen molar-refractivity contribution >= 4 is 22.4 Å². The molecule has 1 heterocycles. The van der Waals surface area contributed by atoms with Crippen molar-refractivity contribution in [1.82, 2.24) is 10.3 Å². The molecule has 20 heavy (non-hydrogen) atoms. The molecule has 0 radical (unpaired) electrons. The molecule has 6 heteroatoms. The van der Waals surface area contributed by atoms with Gasteiger partial charge in [-0.1, -0.05) is 6.07 Å². The first-order chi connectivity index (χ1) is 9.51. The molecule has 1 unspecified atom stereocenters. The van der Waals surface area contributed by atoms with Crippen molar-refractivity contribution in [2.24, 2.45) is 0 Å². The number of carbonyl (C=O) groups excluding carboxylic acids is 1. The van der Waals surface area contributed by atoms with E-state index in [-0.39, 0.29) is 23.3 Å². The second-order valence-corrected chi connectivity index (χ2v) is 5.42. The Balaban J connectivity index is 2.13. The Morgan fingerprint density at radius 1 is 1.45 bits per heavy atom. The number of aromatic nitrogens is 1. The summed E-state index contributed by atoms with van der Waals surface area (Å²) in [5.41, 5.74) is 2.02. The maximum absolute atomic E-state index is 12.1. The molecule has 106 valence electrons. The van der Waals surface area contributed by atoms with Crippen LogP contribution in [0.15, 0.2) is 23.6 Å². The normalized spacial score (nSPS) is 12.2. The summed E-state index contributed by atoms with van der Waals surface area (Å²) >= 11 is 1.36. The Hall–Kier alpha value is -1.92. The Labute approximate surface area is 121 Å². The lowest BCUT2D eigenvalue weighted by Gasteiger charge is -2.06. The first-order valence-electron chi connectivity index (χ1n) is 6.25. The number of amides is 1. The molecule has 2 aromatic rings. The number of phenols is 1. The van der Waals surface area contributed by atoms with Crippen LogP contribution < -0.4 is 10.6 Å². The summed E-state index contributed by atoms with van der Waals surface area (Å²) in [5, 5.41) is 18.0. The van der Waals surface area contributed by atoms with Crippen LogP contribution in [0, 0.1) is 6.92 Å². The average molecular weight is 291 g/mol. The zero-order valence-electron chi connectivity index (χ0n) is 11.6. The number of carbonyl (C=O) groups is 1. The molecule has 0 aliphatic rings. The summed E-state index contributed by atoms with van der Waals surface area (Å²) in [6.45, 7) is 3.85. The van der Waals surface area contributed by atoms with Crippen LogP contribution >= 0.6 is 11.3 Å². The standard InChI is InChI=1S/C14H17N3O2S/c1-8-4-5-10(12(18)6-8)13(19)17-14-16-11(7-20-14)9(2)15-3/h4-7,9,15,18H,1-3H3,(H,16,17,19). The first-order valence-corrected chi connectivity index (χ1v) is 7.13. The highest BCUT2D eigenvalue weighted by atomic mass is 32.1. The van der Waals surface area contributed by atoms with Gasteiger partial charge in [0.15, 0.2) is 5.13 Å². The van der Waals surface area contributed by atoms with E-state index in [1.165, 1.54) is 11.3 Å². The minimum atomic E-state index is -0.361. The van der Waals surface area contributed by atoms with Crippen LogP contribution in [0.4, 0.5) is 5.13 Å². The highest BCUT2D eigenvalue weighted by Gasteiger charge is 2.14. The van der Waals surface area contributed by atoms with Gasteiger partial charge in [-0.2, -0.15) is 0 Å². The summed E-state index contributed by atoms with van der Waals surface area (Å²) < 4.78 is 0. The topological polar surface area (TPSA) is 74.2 Å². The van der Waals surface area contributed by atoms with Gasteiger partial charge in [-0.05, 0) is 38.6 Å². The third-order valence-electron chi connectivity index (χ3n) is 3.02. The number of rotatable bonds is 4. The number of aromatic hydroxyl groups is 1. The maximum Gasteiger partial charge on any atom is 0.261 e. The largest absolute Gasteiger partial charge is 0.507 e. The van der Waals surface area contributed by atoms with E-state index >= 15 is 0 Å². The van der Waals surface area contributed by atoms with Crippen LogP contribution in [-0.2, 0) is 0 Å². The fraction of sp³-hybridized carbons (Fsp3) is 0.286. The fourth-order valence-electron chi connectivity index (χ4n) is 1.69. The van der Waals surface area contributed by atoms with Gasteiger partial charge in [0.25, 0.3) is 5.91 Å². The van der Waals surface area contributed by atoms with Gasteiger partial charge in [0, 0.05) is 11.4 Å². The smallest absolute Gasteiger partial charge is 0.261 e. The zero-order chi connectivity index (χ0) is 14.7. The third-order valence-corrected chi connectivity index (χ3v) is 3.79. The monoisotopic (exact) mass is 291 g/mol. The fourth-order valence-corrected chi connectivity index (χ4v) is 2.49. The molecule has 0 fully saturated rings. The Morgan fingerprint density at radius 3 is 2.85 bits per heavy atom. The first kappa shape index (κ1) is 14.5. The molecule has 1 amide bonds. The average Bonchev–Trinajstić information content (AvgIpc) is 2.86. The number of hydrogen-bond donors (Lipinski definition) is 3. The van der Waals surface area contributed by atoms with E-state index in [1.54, 1.807) is 18.2 Å². The number of thiazole rings is 1. The molecule has 3 N–H and O–H groups in total. The van der Waals surface area contributed by atoms with Gasteiger partial charge in [0.05, 0.1) is 11.3 Å². The van der Waals surface area contributed by atoms with E-state index in [0.29, 0.717) is 5.13 Å². The van der Waals surface area contributed by atoms with Gasteiger partial charge >= 0.3 is 0 Å². The van der Waals surface area contributed by atoms with Crippen LogP contribution in [0.25, 0.3) is 0 Å². The minimum Gasteiger partial charge on any atom is -0.507 e. The van der Waals surface area contributed by atoms with Crippen molar-refractivity contribution in [3.8, 4) is 5.75 Å². The molecule has 0 spiro atoms. The summed E-state index contributed by atoms with van der Waals surface area (Å²) in [4.78, 5) is 16.4. The highest BCUT2D eigenvalue weighted by Crippen LogP contribution is 2.23. The van der Waals surface area contributed by atoms with Crippen molar-refractivity contribution in [2.45, 2.75) is 19.9 Å². The zero-order valence-corrected chi connectivity index (χ0v) is 12.4. The van der Waals surface area contributed by atoms with Gasteiger partial charge in [-0.3, -0.25) is 10.1 Å². The number of hydrogen-bond acceptors (Lipinski definition) is 5. The van der Waals surface area contributed by atoms with Crippen molar-refractivity contribution in [3.63, 3.8) is 0 Å². The molecule has 0 saturated heterocycles. The Kier molecular flexibility index (Phi) is 4.36. The van der Waals surface area contributed by atoms with Gasteiger partial charge in [-0.15, -0.1) is 11.3 Å². The van der Waals surface area contributed by atoms with E-state index in [9.17, 15) is 9.90 Å². The van der Waals surface area contributed by atoms with Crippen LogP contribution in [-0.4, -0.2) is 23.0 Å². The van der Waals surface area contributed by atoms with Gasteiger partial charge in [0.1, 0.15) is 5.75 Å². The van der Waals surface area contributed by atoms with Crippen LogP contribution in [0.2, 0.25) is 0 Å². The lowest BCUT2D eigenvalue weighted by molar-refractivity contribution is 0.102. The molecular weight excluding hydrogens is 274 g/mol. The van der Waals surface area contributed by atoms with Crippen molar-refractivity contribution in [2.75, 3.05) is 12.4 Å². The number of aryl methyl sites for hydroxylation is 1. The number of anilines is 1. The summed E-state index contributed by atoms with van der Waals surface area (Å²) in [6.07, 6.45) is 0. The van der Waals surface area contributed by atoms with E-state index in [2.05, 4.69) is 15.6 Å². The second kappa shape index (κ2) is 6.02. The van der Waals surface area contributed by atoms with Gasteiger partial charge in [0.2, 0.25) is 0 Å². The molecule has 0 bridgehead atoms. The summed E-state index contributed by atoms with van der Waals surface area (Å²) in [7, 11) is 1.85. The van der Waals surface area contributed by atoms with Crippen molar-refractivity contribution in [3.05, 3.63) is 40.4 Å². The van der Waals surface area contributed by atoms with Crippen molar-refractivity contribution < 1.29 is 9.90 Å². The predicted octanol–water partition coefficient (Wildman–Crippen LogP) is 2.69. The third kappa shape index (κ3) is 3.15. The number of nitrogens with zero attached hydrogens (tertiary/aromatic N) is 1. The molecule has 0 saturated carbocycles. The minimum absolute atomic E-state index is 0.0251. The lowest BCUT2D eigenvalue weighted by Crippen LogP contribution is -2.14. The number of phenolic OH excluding ortho intramolecular Hbond substituents is 1. The Morgan fingerprint density at radius 2 is 2.20 bits per heavy atom. The van der Waals surface area contributed by atoms with Crippen LogP contribution in [0.1, 0.15) is 34.6 Å². The number of benzene rings is 1. The molecule has 1 aromatic carbocycles. The van der Waals surface area contributed by atoms with E-state index in [4.69, 9.17) is 0 Å². The highest BCUT2D eigenvalue weighted by molar-refractivity contribution is 7.14. The van der Waals surface area contributed by atoms with Crippen molar-refractivity contribution in [1.29, 1.82) is 0 Å². The Bertz CT molecular complexity index is 625. The van der Waals surface area contributed by atoms with E-state index in [0.717, 1.165) is 11.3 Å². The molecule has 0 aliphatic carbocycles. The summed E-state index contributed by atoms with van der Waals surface area (Å²) in [5.74, 6) is -0.386. The van der Waals surface area contributed by atoms with Gasteiger partial charge < -0.3 is 10.4 Å². The molecule has 5 nitrogen and oxygen atoms in total. The molecule has 1 atom stereocenters. The maximum atomic E-state index is 12.1. The second-order valence-electron chi connectivity index (χ2n) is 4.56.